The molecule has 0 N–H and O–H groups in total. The second-order valence-corrected chi connectivity index (χ2v) is 12.8. The van der Waals surface area contributed by atoms with Gasteiger partial charge in [-0.15, -0.1) is 0 Å². The first-order valence-electron chi connectivity index (χ1n) is 11.6. The van der Waals surface area contributed by atoms with Crippen LogP contribution in [0.1, 0.15) is 110 Å². The molecule has 0 aliphatic rings. The monoisotopic (exact) mass is 462 g/mol. The standard InChI is InChI=1S/C29H41F3O/c1-18-13-22(26(5,6)7)24(23(14-18)27(8,9)10)33-28(11,12)20-15-19(25(2,3)4)16-21(17-20)29(30,31)32/h13-17H,1-12H3. The zero-order valence-corrected chi connectivity index (χ0v) is 22.4. The van der Waals surface area contributed by atoms with Gasteiger partial charge in [0.1, 0.15) is 11.4 Å². The van der Waals surface area contributed by atoms with Gasteiger partial charge in [-0.05, 0) is 60.3 Å². The molecule has 184 valence electrons. The number of halogens is 3. The molecule has 2 rings (SSSR count). The van der Waals surface area contributed by atoms with E-state index in [0.29, 0.717) is 11.1 Å². The lowest BCUT2D eigenvalue weighted by molar-refractivity contribution is -0.137. The lowest BCUT2D eigenvalue weighted by Gasteiger charge is -2.36. The number of hydrogen-bond donors (Lipinski definition) is 0. The third-order valence-electron chi connectivity index (χ3n) is 6.03. The van der Waals surface area contributed by atoms with Crippen LogP contribution in [-0.2, 0) is 28.0 Å². The lowest BCUT2D eigenvalue weighted by atomic mass is 9.78. The quantitative estimate of drug-likeness (QED) is 0.442. The van der Waals surface area contributed by atoms with Gasteiger partial charge < -0.3 is 4.74 Å². The topological polar surface area (TPSA) is 9.23 Å². The summed E-state index contributed by atoms with van der Waals surface area (Å²) in [4.78, 5) is 0. The normalized spacial score (nSPS) is 13.9. The van der Waals surface area contributed by atoms with Crippen LogP contribution < -0.4 is 4.74 Å². The number of alkyl halides is 3. The van der Waals surface area contributed by atoms with Gasteiger partial charge >= 0.3 is 6.18 Å². The van der Waals surface area contributed by atoms with E-state index in [1.165, 1.54) is 12.1 Å². The van der Waals surface area contributed by atoms with Crippen LogP contribution in [0.25, 0.3) is 0 Å². The molecule has 0 unspecified atom stereocenters. The molecule has 1 nitrogen and oxygen atoms in total. The lowest BCUT2D eigenvalue weighted by Crippen LogP contribution is -2.30. The Morgan fingerprint density at radius 3 is 1.30 bits per heavy atom. The van der Waals surface area contributed by atoms with Crippen LogP contribution in [0.2, 0.25) is 0 Å². The molecule has 4 heteroatoms. The third-order valence-corrected chi connectivity index (χ3v) is 6.03. The molecule has 2 aromatic carbocycles. The van der Waals surface area contributed by atoms with Crippen molar-refractivity contribution in [3.63, 3.8) is 0 Å². The zero-order chi connectivity index (χ0) is 25.8. The van der Waals surface area contributed by atoms with Crippen LogP contribution >= 0.6 is 0 Å². The molecule has 0 heterocycles. The number of aryl methyl sites for hydroxylation is 1. The fourth-order valence-corrected chi connectivity index (χ4v) is 3.88. The molecule has 33 heavy (non-hydrogen) atoms. The van der Waals surface area contributed by atoms with Crippen molar-refractivity contribution in [3.8, 4) is 5.75 Å². The van der Waals surface area contributed by atoms with Gasteiger partial charge in [0.15, 0.2) is 0 Å². The first-order valence-corrected chi connectivity index (χ1v) is 11.6. The molecule has 0 bridgehead atoms. The maximum atomic E-state index is 13.8. The summed E-state index contributed by atoms with van der Waals surface area (Å²) in [5, 5.41) is 0. The Morgan fingerprint density at radius 1 is 0.545 bits per heavy atom. The smallest absolute Gasteiger partial charge is 0.416 e. The average molecular weight is 463 g/mol. The molecule has 0 radical (unpaired) electrons. The van der Waals surface area contributed by atoms with E-state index >= 15 is 0 Å². The fourth-order valence-electron chi connectivity index (χ4n) is 3.88. The van der Waals surface area contributed by atoms with Gasteiger partial charge in [0.2, 0.25) is 0 Å². The highest BCUT2D eigenvalue weighted by atomic mass is 19.4. The summed E-state index contributed by atoms with van der Waals surface area (Å²) >= 11 is 0. The van der Waals surface area contributed by atoms with Crippen LogP contribution in [0.3, 0.4) is 0 Å². The van der Waals surface area contributed by atoms with Crippen molar-refractivity contribution in [1.29, 1.82) is 0 Å². The zero-order valence-electron chi connectivity index (χ0n) is 22.4. The van der Waals surface area contributed by atoms with Crippen molar-refractivity contribution in [3.05, 3.63) is 63.7 Å². The van der Waals surface area contributed by atoms with Gasteiger partial charge in [0.05, 0.1) is 5.56 Å². The van der Waals surface area contributed by atoms with Crippen LogP contribution in [-0.4, -0.2) is 0 Å². The Balaban J connectivity index is 2.79. The Bertz CT molecular complexity index is 940. The molecule has 0 aliphatic carbocycles. The molecule has 0 aliphatic heterocycles. The van der Waals surface area contributed by atoms with E-state index in [-0.39, 0.29) is 10.8 Å². The molecule has 2 aromatic rings. The summed E-state index contributed by atoms with van der Waals surface area (Å²) in [5.74, 6) is 0.764. The van der Waals surface area contributed by atoms with E-state index in [1.807, 2.05) is 40.7 Å². The predicted molar refractivity (Wildman–Crippen MR) is 132 cm³/mol. The largest absolute Gasteiger partial charge is 0.483 e. The molecular formula is C29H41F3O. The van der Waals surface area contributed by atoms with Crippen LogP contribution in [0.4, 0.5) is 13.2 Å². The third kappa shape index (κ3) is 6.33. The van der Waals surface area contributed by atoms with E-state index < -0.39 is 22.8 Å². The number of ether oxygens (including phenoxy) is 1. The van der Waals surface area contributed by atoms with E-state index in [4.69, 9.17) is 4.74 Å². The van der Waals surface area contributed by atoms with Crippen LogP contribution in [0.15, 0.2) is 30.3 Å². The number of benzene rings is 2. The van der Waals surface area contributed by atoms with E-state index in [0.717, 1.165) is 22.4 Å². The highest BCUT2D eigenvalue weighted by Gasteiger charge is 2.37. The minimum Gasteiger partial charge on any atom is -0.483 e. The van der Waals surface area contributed by atoms with Gasteiger partial charge in [0, 0.05) is 11.1 Å². The van der Waals surface area contributed by atoms with Gasteiger partial charge in [-0.3, -0.25) is 0 Å². The summed E-state index contributed by atoms with van der Waals surface area (Å²) in [6, 6.07) is 8.61. The summed E-state index contributed by atoms with van der Waals surface area (Å²) < 4.78 is 48.1. The summed E-state index contributed by atoms with van der Waals surface area (Å²) in [7, 11) is 0. The van der Waals surface area contributed by atoms with Crippen molar-refractivity contribution < 1.29 is 17.9 Å². The Morgan fingerprint density at radius 2 is 0.939 bits per heavy atom. The molecule has 0 spiro atoms. The van der Waals surface area contributed by atoms with Crippen LogP contribution in [0.5, 0.6) is 5.75 Å². The SMILES string of the molecule is Cc1cc(C(C)(C)C)c(OC(C)(C)c2cc(C(C)(C)C)cc(C(F)(F)F)c2)c(C(C)(C)C)c1. The Kier molecular flexibility index (Phi) is 6.91. The molecule has 0 aromatic heterocycles. The molecule has 0 saturated carbocycles. The van der Waals surface area contributed by atoms with E-state index in [9.17, 15) is 13.2 Å². The maximum Gasteiger partial charge on any atom is 0.416 e. The summed E-state index contributed by atoms with van der Waals surface area (Å²) in [6.45, 7) is 24.4. The number of rotatable bonds is 3. The highest BCUT2D eigenvalue weighted by Crippen LogP contribution is 2.44. The van der Waals surface area contributed by atoms with Gasteiger partial charge in [-0.1, -0.05) is 86.1 Å². The first kappa shape index (κ1) is 27.3. The molecule has 0 fully saturated rings. The molecule has 0 amide bonds. The minimum absolute atomic E-state index is 0.193. The Hall–Kier alpha value is -1.97. The second kappa shape index (κ2) is 8.36. The van der Waals surface area contributed by atoms with Crippen molar-refractivity contribution in [1.82, 2.24) is 0 Å². The second-order valence-electron chi connectivity index (χ2n) is 12.8. The number of hydrogen-bond acceptors (Lipinski definition) is 1. The molecule has 0 saturated heterocycles. The molecular weight excluding hydrogens is 421 g/mol. The highest BCUT2D eigenvalue weighted by molar-refractivity contribution is 5.51. The predicted octanol–water partition coefficient (Wildman–Crippen LogP) is 9.22. The van der Waals surface area contributed by atoms with Gasteiger partial charge in [-0.25, -0.2) is 0 Å². The minimum atomic E-state index is -4.43. The van der Waals surface area contributed by atoms with Crippen molar-refractivity contribution in [2.45, 2.75) is 111 Å². The average Bonchev–Trinajstić information content (AvgIpc) is 2.59. The summed E-state index contributed by atoms with van der Waals surface area (Å²) in [5.41, 5.74) is 1.99. The van der Waals surface area contributed by atoms with Crippen molar-refractivity contribution >= 4 is 0 Å². The molecule has 0 atom stereocenters. The fraction of sp³-hybridized carbons (Fsp3) is 0.586. The van der Waals surface area contributed by atoms with E-state index in [1.54, 1.807) is 0 Å². The summed E-state index contributed by atoms with van der Waals surface area (Å²) in [6.07, 6.45) is -4.43. The van der Waals surface area contributed by atoms with Crippen molar-refractivity contribution in [2.75, 3.05) is 0 Å². The van der Waals surface area contributed by atoms with Crippen molar-refractivity contribution in [2.24, 2.45) is 0 Å². The first-order chi connectivity index (χ1) is 14.5. The van der Waals surface area contributed by atoms with Gasteiger partial charge in [-0.2, -0.15) is 13.2 Å². The maximum absolute atomic E-state index is 13.8. The Labute approximate surface area is 198 Å². The van der Waals surface area contributed by atoms with Gasteiger partial charge in [0.25, 0.3) is 0 Å². The van der Waals surface area contributed by atoms with E-state index in [2.05, 4.69) is 60.6 Å². The van der Waals surface area contributed by atoms with Crippen LogP contribution in [0, 0.1) is 6.92 Å².